The van der Waals surface area contributed by atoms with E-state index in [1.54, 1.807) is 7.85 Å². The minimum Gasteiger partial charge on any atom is -0.467 e. The number of hydrogen-bond donors (Lipinski definition) is 1. The maximum atomic E-state index is 11.2. The molecule has 1 unspecified atom stereocenters. The van der Waals surface area contributed by atoms with Crippen molar-refractivity contribution in [3.05, 3.63) is 194 Å². The summed E-state index contributed by atoms with van der Waals surface area (Å²) in [4.78, 5) is 15.4. The van der Waals surface area contributed by atoms with Crippen molar-refractivity contribution < 1.29 is 9.84 Å². The van der Waals surface area contributed by atoms with Crippen LogP contribution < -0.4 is 4.74 Å². The van der Waals surface area contributed by atoms with Crippen LogP contribution >= 0.6 is 11.3 Å². The molecule has 0 fully saturated rings. The van der Waals surface area contributed by atoms with E-state index in [4.69, 9.17) is 19.7 Å². The molecule has 5 nitrogen and oxygen atoms in total. The summed E-state index contributed by atoms with van der Waals surface area (Å²) in [5.74, 6) is 2.43. The predicted octanol–water partition coefficient (Wildman–Crippen LogP) is 12.0. The van der Waals surface area contributed by atoms with Crippen LogP contribution in [-0.4, -0.2) is 27.9 Å². The van der Waals surface area contributed by atoms with Gasteiger partial charge in [-0.2, -0.15) is 0 Å². The Balaban J connectivity index is 1.02. The molecule has 0 saturated heterocycles. The smallest absolute Gasteiger partial charge is 0.201 e. The first-order valence-electron chi connectivity index (χ1n) is 19.6. The molecule has 1 N–H and O–H groups in total. The molecule has 278 valence electrons. The first kappa shape index (κ1) is 35.0. The minimum atomic E-state index is -1.42. The van der Waals surface area contributed by atoms with Crippen LogP contribution in [0.15, 0.2) is 188 Å². The van der Waals surface area contributed by atoms with Crippen LogP contribution in [0.2, 0.25) is 0 Å². The van der Waals surface area contributed by atoms with Crippen molar-refractivity contribution >= 4 is 39.4 Å². The highest BCUT2D eigenvalue weighted by molar-refractivity contribution is 7.26. The van der Waals surface area contributed by atoms with Crippen LogP contribution in [0, 0.1) is 0 Å². The second-order valence-corrected chi connectivity index (χ2v) is 16.0. The van der Waals surface area contributed by atoms with E-state index >= 15 is 0 Å². The van der Waals surface area contributed by atoms with Gasteiger partial charge in [0.25, 0.3) is 0 Å². The molecule has 2 aromatic heterocycles. The zero-order valence-corrected chi connectivity index (χ0v) is 32.8. The number of aliphatic hydroxyl groups is 1. The van der Waals surface area contributed by atoms with Gasteiger partial charge in [-0.3, -0.25) is 0 Å². The van der Waals surface area contributed by atoms with Crippen LogP contribution in [0.3, 0.4) is 0 Å². The second kappa shape index (κ2) is 14.0. The van der Waals surface area contributed by atoms with Gasteiger partial charge in [-0.25, -0.2) is 15.0 Å². The predicted molar refractivity (Wildman–Crippen MR) is 244 cm³/mol. The molecular weight excluding hydrogens is 741 g/mol. The van der Waals surface area contributed by atoms with Gasteiger partial charge in [0.2, 0.25) is 7.85 Å². The summed E-state index contributed by atoms with van der Waals surface area (Å²) in [7, 11) is 1.69. The summed E-state index contributed by atoms with van der Waals surface area (Å²) in [6, 6.07) is 64.7. The number of ether oxygens (including phenoxy) is 1. The Hall–Kier alpha value is -7.19. The molecule has 8 aromatic carbocycles. The molecule has 3 heterocycles. The lowest BCUT2D eigenvalue weighted by Gasteiger charge is -2.34. The molecule has 59 heavy (non-hydrogen) atoms. The van der Waals surface area contributed by atoms with E-state index < -0.39 is 5.69 Å². The number of aromatic nitrogens is 3. The number of hydrogen-bond acceptors (Lipinski definition) is 6. The molecule has 10 aromatic rings. The van der Waals surface area contributed by atoms with Crippen molar-refractivity contribution in [3.8, 4) is 84.4 Å². The van der Waals surface area contributed by atoms with Gasteiger partial charge in [0.1, 0.15) is 5.75 Å². The normalized spacial score (nSPS) is 14.5. The standard InChI is InChI=1S/C52H34BN3O2S/c53-52(57)44-20-6-4-16-43(44)47-39(17-10-21-45(47)58-52)34-25-29-36(30-26-34)50-54-49(35-27-23-33(24-28-35)32-11-2-1-3-12-32)55-51(56-50)38-14-8-13-37(31-38)40-18-9-19-42-41-15-5-7-22-46(41)59-48(40)42/h1-31,57H,53H2. The minimum absolute atomic E-state index is 0.584. The number of nitrogens with zero attached hydrogens (tertiary/aromatic N) is 3. The Kier molecular flexibility index (Phi) is 8.32. The zero-order chi connectivity index (χ0) is 39.5. The molecule has 0 spiro atoms. The first-order chi connectivity index (χ1) is 29.0. The lowest BCUT2D eigenvalue weighted by molar-refractivity contribution is -0.0691. The number of thiophene rings is 1. The Morgan fingerprint density at radius 1 is 0.441 bits per heavy atom. The van der Waals surface area contributed by atoms with E-state index in [0.717, 1.165) is 61.2 Å². The van der Waals surface area contributed by atoms with Gasteiger partial charge in [-0.15, -0.1) is 11.3 Å². The van der Waals surface area contributed by atoms with Crippen LogP contribution in [0.5, 0.6) is 5.75 Å². The highest BCUT2D eigenvalue weighted by atomic mass is 32.1. The van der Waals surface area contributed by atoms with Crippen LogP contribution in [-0.2, 0) is 5.69 Å². The fraction of sp³-hybridized carbons (Fsp3) is 0.0192. The van der Waals surface area contributed by atoms with E-state index in [9.17, 15) is 5.11 Å². The molecular formula is C52H34BN3O2S. The fourth-order valence-corrected chi connectivity index (χ4v) is 9.55. The number of fused-ring (bicyclic) bond motifs is 6. The first-order valence-corrected chi connectivity index (χ1v) is 20.5. The van der Waals surface area contributed by atoms with Gasteiger partial charge in [0.05, 0.1) is 0 Å². The topological polar surface area (TPSA) is 68.1 Å². The Bertz CT molecular complexity index is 3220. The summed E-state index contributed by atoms with van der Waals surface area (Å²) in [5, 5.41) is 13.7. The van der Waals surface area contributed by atoms with E-state index in [1.165, 1.54) is 25.7 Å². The summed E-state index contributed by atoms with van der Waals surface area (Å²) in [6.45, 7) is 0. The second-order valence-electron chi connectivity index (χ2n) is 15.0. The molecule has 1 atom stereocenters. The van der Waals surface area contributed by atoms with Gasteiger partial charge < -0.3 is 9.84 Å². The van der Waals surface area contributed by atoms with E-state index in [0.29, 0.717) is 23.2 Å². The number of benzene rings is 8. The maximum absolute atomic E-state index is 11.2. The van der Waals surface area contributed by atoms with Crippen molar-refractivity contribution in [3.63, 3.8) is 0 Å². The van der Waals surface area contributed by atoms with Crippen molar-refractivity contribution in [2.75, 3.05) is 0 Å². The quantitative estimate of drug-likeness (QED) is 0.170. The largest absolute Gasteiger partial charge is 0.467 e. The molecule has 0 amide bonds. The van der Waals surface area contributed by atoms with Crippen molar-refractivity contribution in [2.24, 2.45) is 0 Å². The van der Waals surface area contributed by atoms with Crippen molar-refractivity contribution in [1.29, 1.82) is 0 Å². The Labute approximate surface area is 346 Å². The molecule has 7 heteroatoms. The van der Waals surface area contributed by atoms with Crippen molar-refractivity contribution in [2.45, 2.75) is 5.69 Å². The molecule has 0 bridgehead atoms. The van der Waals surface area contributed by atoms with Crippen LogP contribution in [0.25, 0.3) is 98.8 Å². The third-order valence-corrected chi connectivity index (χ3v) is 12.4. The fourth-order valence-electron chi connectivity index (χ4n) is 8.31. The molecule has 1 aliphatic heterocycles. The van der Waals surface area contributed by atoms with Gasteiger partial charge in [0.15, 0.2) is 23.2 Å². The van der Waals surface area contributed by atoms with E-state index in [1.807, 2.05) is 53.8 Å². The lowest BCUT2D eigenvalue weighted by atomic mass is 9.78. The lowest BCUT2D eigenvalue weighted by Crippen LogP contribution is -2.36. The average Bonchev–Trinajstić information content (AvgIpc) is 3.68. The SMILES string of the molecule is BC1(O)Oc2cccc(-c3ccc(-c4nc(-c5ccc(-c6ccccc6)cc5)nc(-c5cccc(-c6cccc7c6sc6ccccc67)c5)n4)cc3)c2-c2ccccc21. The molecule has 1 aliphatic rings. The van der Waals surface area contributed by atoms with Crippen LogP contribution in [0.4, 0.5) is 0 Å². The monoisotopic (exact) mass is 775 g/mol. The third-order valence-electron chi connectivity index (χ3n) is 11.2. The van der Waals surface area contributed by atoms with Gasteiger partial charge in [0, 0.05) is 48.0 Å². The Morgan fingerprint density at radius 2 is 0.966 bits per heavy atom. The van der Waals surface area contributed by atoms with Gasteiger partial charge in [-0.05, 0) is 57.1 Å². The molecule has 0 radical (unpaired) electrons. The Morgan fingerprint density at radius 3 is 1.75 bits per heavy atom. The number of rotatable bonds is 6. The highest BCUT2D eigenvalue weighted by Gasteiger charge is 2.35. The average molecular weight is 776 g/mol. The summed E-state index contributed by atoms with van der Waals surface area (Å²) in [6.07, 6.45) is 0. The van der Waals surface area contributed by atoms with Gasteiger partial charge >= 0.3 is 0 Å². The third kappa shape index (κ3) is 6.19. The van der Waals surface area contributed by atoms with Crippen LogP contribution in [0.1, 0.15) is 5.56 Å². The van der Waals surface area contributed by atoms with E-state index in [-0.39, 0.29) is 0 Å². The highest BCUT2D eigenvalue weighted by Crippen LogP contribution is 2.48. The molecule has 11 rings (SSSR count). The molecule has 0 saturated carbocycles. The summed E-state index contributed by atoms with van der Waals surface area (Å²) >= 11 is 1.83. The molecule has 0 aliphatic carbocycles. The summed E-state index contributed by atoms with van der Waals surface area (Å²) in [5.41, 5.74) is 10.5. The van der Waals surface area contributed by atoms with Gasteiger partial charge in [-0.1, -0.05) is 170 Å². The maximum Gasteiger partial charge on any atom is 0.201 e. The van der Waals surface area contributed by atoms with Crippen molar-refractivity contribution in [1.82, 2.24) is 15.0 Å². The zero-order valence-electron chi connectivity index (χ0n) is 32.0. The van der Waals surface area contributed by atoms with E-state index in [2.05, 4.69) is 146 Å². The summed E-state index contributed by atoms with van der Waals surface area (Å²) < 4.78 is 8.69.